The molecule has 4 nitrogen and oxygen atoms in total. The van der Waals surface area contributed by atoms with Gasteiger partial charge in [-0.25, -0.2) is 0 Å². The molecule has 0 radical (unpaired) electrons. The first-order valence-electron chi connectivity index (χ1n) is 7.44. The third kappa shape index (κ3) is 2.63. The van der Waals surface area contributed by atoms with Crippen molar-refractivity contribution in [1.82, 2.24) is 5.32 Å². The Morgan fingerprint density at radius 3 is 2.36 bits per heavy atom. The zero-order valence-electron chi connectivity index (χ0n) is 12.2. The van der Waals surface area contributed by atoms with Crippen molar-refractivity contribution in [3.63, 3.8) is 0 Å². The van der Waals surface area contributed by atoms with Gasteiger partial charge in [-0.1, -0.05) is 35.9 Å². The van der Waals surface area contributed by atoms with E-state index < -0.39 is 17.8 Å². The maximum absolute atomic E-state index is 12.6. The van der Waals surface area contributed by atoms with Gasteiger partial charge in [-0.3, -0.25) is 9.59 Å². The first-order valence-corrected chi connectivity index (χ1v) is 7.82. The van der Waals surface area contributed by atoms with Gasteiger partial charge >= 0.3 is 5.97 Å². The Bertz CT molecular complexity index is 625. The lowest BCUT2D eigenvalue weighted by atomic mass is 9.82. The Hall–Kier alpha value is -1.81. The van der Waals surface area contributed by atoms with Crippen molar-refractivity contribution >= 4 is 23.5 Å². The Balaban J connectivity index is 1.72. The maximum atomic E-state index is 12.6. The van der Waals surface area contributed by atoms with Crippen molar-refractivity contribution in [1.29, 1.82) is 0 Å². The van der Waals surface area contributed by atoms with Crippen LogP contribution in [0.4, 0.5) is 0 Å². The van der Waals surface area contributed by atoms with E-state index in [1.165, 1.54) is 0 Å². The minimum absolute atomic E-state index is 0.0101. The first-order chi connectivity index (χ1) is 10.5. The van der Waals surface area contributed by atoms with Gasteiger partial charge in [0.25, 0.3) is 0 Å². The van der Waals surface area contributed by atoms with Gasteiger partial charge in [-0.15, -0.1) is 0 Å². The van der Waals surface area contributed by atoms with Crippen LogP contribution in [0.15, 0.2) is 36.4 Å². The number of amides is 1. The molecule has 1 fully saturated rings. The number of hydrogen-bond acceptors (Lipinski definition) is 2. The normalized spacial score (nSPS) is 30.3. The number of fused-ring (bicyclic) bond motifs is 2. The molecule has 0 aliphatic heterocycles. The van der Waals surface area contributed by atoms with E-state index in [0.717, 1.165) is 12.0 Å². The monoisotopic (exact) mass is 319 g/mol. The molecule has 2 aliphatic rings. The van der Waals surface area contributed by atoms with Crippen LogP contribution in [0.3, 0.4) is 0 Å². The van der Waals surface area contributed by atoms with Crippen LogP contribution in [0.5, 0.6) is 0 Å². The van der Waals surface area contributed by atoms with Gasteiger partial charge in [0.1, 0.15) is 0 Å². The molecule has 5 unspecified atom stereocenters. The van der Waals surface area contributed by atoms with Gasteiger partial charge in [-0.05, 0) is 42.9 Å². The summed E-state index contributed by atoms with van der Waals surface area (Å²) in [5.74, 6) is -2.09. The Labute approximate surface area is 134 Å². The summed E-state index contributed by atoms with van der Waals surface area (Å²) in [6, 6.07) is 7.10. The highest BCUT2D eigenvalue weighted by molar-refractivity contribution is 6.30. The van der Waals surface area contributed by atoms with E-state index in [1.807, 2.05) is 31.2 Å². The second kappa shape index (κ2) is 5.76. The number of halogens is 1. The second-order valence-corrected chi connectivity index (χ2v) is 6.56. The fraction of sp³-hybridized carbons (Fsp3) is 0.412. The van der Waals surface area contributed by atoms with Crippen LogP contribution >= 0.6 is 11.6 Å². The maximum Gasteiger partial charge on any atom is 0.307 e. The van der Waals surface area contributed by atoms with Gasteiger partial charge < -0.3 is 10.4 Å². The van der Waals surface area contributed by atoms with Crippen molar-refractivity contribution < 1.29 is 14.7 Å². The molecule has 2 N–H and O–H groups in total. The highest BCUT2D eigenvalue weighted by Crippen LogP contribution is 2.48. The molecule has 116 valence electrons. The third-order valence-corrected chi connectivity index (χ3v) is 5.03. The van der Waals surface area contributed by atoms with Crippen LogP contribution in [-0.4, -0.2) is 17.0 Å². The molecule has 5 heteroatoms. The topological polar surface area (TPSA) is 66.4 Å². The molecule has 5 atom stereocenters. The summed E-state index contributed by atoms with van der Waals surface area (Å²) in [4.78, 5) is 24.0. The second-order valence-electron chi connectivity index (χ2n) is 6.12. The van der Waals surface area contributed by atoms with Gasteiger partial charge in [0.05, 0.1) is 17.9 Å². The zero-order valence-corrected chi connectivity index (χ0v) is 13.0. The van der Waals surface area contributed by atoms with E-state index in [0.29, 0.717) is 5.02 Å². The smallest absolute Gasteiger partial charge is 0.307 e. The van der Waals surface area contributed by atoms with Crippen LogP contribution in [0.2, 0.25) is 5.02 Å². The van der Waals surface area contributed by atoms with E-state index in [1.54, 1.807) is 12.1 Å². The highest BCUT2D eigenvalue weighted by atomic mass is 35.5. The average Bonchev–Trinajstić information content (AvgIpc) is 3.08. The number of rotatable bonds is 4. The van der Waals surface area contributed by atoms with Crippen molar-refractivity contribution in [2.75, 3.05) is 0 Å². The fourth-order valence-electron chi connectivity index (χ4n) is 3.66. The van der Waals surface area contributed by atoms with E-state index in [2.05, 4.69) is 5.32 Å². The van der Waals surface area contributed by atoms with Gasteiger partial charge in [0.2, 0.25) is 5.91 Å². The number of carbonyl (C=O) groups is 2. The summed E-state index contributed by atoms with van der Waals surface area (Å²) in [7, 11) is 0. The quantitative estimate of drug-likeness (QED) is 0.838. The molecular formula is C17H18ClNO3. The lowest BCUT2D eigenvalue weighted by Gasteiger charge is -2.25. The summed E-state index contributed by atoms with van der Waals surface area (Å²) in [6.07, 6.45) is 4.70. The molecule has 1 amide bonds. The lowest BCUT2D eigenvalue weighted by molar-refractivity contribution is -0.148. The summed E-state index contributed by atoms with van der Waals surface area (Å²) in [5, 5.41) is 13.0. The molecule has 1 aromatic carbocycles. The van der Waals surface area contributed by atoms with Crippen LogP contribution in [0.1, 0.15) is 24.9 Å². The Morgan fingerprint density at radius 2 is 1.77 bits per heavy atom. The summed E-state index contributed by atoms with van der Waals surface area (Å²) in [6.45, 7) is 1.89. The van der Waals surface area contributed by atoms with Gasteiger partial charge in [0.15, 0.2) is 0 Å². The van der Waals surface area contributed by atoms with E-state index >= 15 is 0 Å². The van der Waals surface area contributed by atoms with Crippen LogP contribution in [-0.2, 0) is 9.59 Å². The van der Waals surface area contributed by atoms with E-state index in [9.17, 15) is 14.7 Å². The number of carbonyl (C=O) groups excluding carboxylic acids is 1. The predicted molar refractivity (Wildman–Crippen MR) is 83.4 cm³/mol. The summed E-state index contributed by atoms with van der Waals surface area (Å²) >= 11 is 5.86. The van der Waals surface area contributed by atoms with Gasteiger partial charge in [-0.2, -0.15) is 0 Å². The molecule has 2 bridgehead atoms. The molecule has 0 aromatic heterocycles. The standard InChI is InChI=1S/C17H18ClNO3/c1-9(10-4-6-13(18)7-5-10)19-16(20)14-11-2-3-12(8-11)15(14)17(21)22/h2-7,9,11-12,14-15H,8H2,1H3,(H,19,20)(H,21,22). The van der Waals surface area contributed by atoms with Crippen LogP contribution in [0, 0.1) is 23.7 Å². The molecule has 0 spiro atoms. The van der Waals surface area contributed by atoms with Crippen molar-refractivity contribution in [3.05, 3.63) is 47.0 Å². The number of nitrogens with one attached hydrogen (secondary N) is 1. The number of carboxylic acid groups (broad SMARTS) is 1. The minimum Gasteiger partial charge on any atom is -0.481 e. The molecule has 0 saturated heterocycles. The Kier molecular flexibility index (Phi) is 3.96. The van der Waals surface area contributed by atoms with Crippen molar-refractivity contribution in [2.24, 2.45) is 23.7 Å². The molecular weight excluding hydrogens is 302 g/mol. The summed E-state index contributed by atoms with van der Waals surface area (Å²) < 4.78 is 0. The SMILES string of the molecule is CC(NC(=O)C1C2C=CC(C2)C1C(=O)O)c1ccc(Cl)cc1. The van der Waals surface area contributed by atoms with Gasteiger partial charge in [0, 0.05) is 5.02 Å². The third-order valence-electron chi connectivity index (χ3n) is 4.78. The lowest BCUT2D eigenvalue weighted by Crippen LogP contribution is -2.41. The molecule has 2 aliphatic carbocycles. The number of aliphatic carboxylic acids is 1. The molecule has 22 heavy (non-hydrogen) atoms. The minimum atomic E-state index is -0.879. The largest absolute Gasteiger partial charge is 0.481 e. The van der Waals surface area contributed by atoms with E-state index in [-0.39, 0.29) is 23.8 Å². The van der Waals surface area contributed by atoms with Crippen LogP contribution in [0.25, 0.3) is 0 Å². The predicted octanol–water partition coefficient (Wildman–Crippen LogP) is 3.04. The Morgan fingerprint density at radius 1 is 1.18 bits per heavy atom. The van der Waals surface area contributed by atoms with E-state index in [4.69, 9.17) is 11.6 Å². The molecule has 3 rings (SSSR count). The number of allylic oxidation sites excluding steroid dienone is 2. The number of benzene rings is 1. The number of hydrogen-bond donors (Lipinski definition) is 2. The summed E-state index contributed by atoms with van der Waals surface area (Å²) in [5.41, 5.74) is 0.948. The zero-order chi connectivity index (χ0) is 15.9. The highest BCUT2D eigenvalue weighted by Gasteiger charge is 2.51. The molecule has 1 aromatic rings. The van der Waals surface area contributed by atoms with Crippen LogP contribution < -0.4 is 5.32 Å². The van der Waals surface area contributed by atoms with Crippen molar-refractivity contribution in [2.45, 2.75) is 19.4 Å². The number of carboxylic acids is 1. The first kappa shape index (κ1) is 15.1. The molecule has 1 saturated carbocycles. The molecule has 0 heterocycles. The van der Waals surface area contributed by atoms with Crippen molar-refractivity contribution in [3.8, 4) is 0 Å². The fourth-order valence-corrected chi connectivity index (χ4v) is 3.79. The average molecular weight is 320 g/mol.